The molecule has 0 saturated carbocycles. The van der Waals surface area contributed by atoms with E-state index in [4.69, 9.17) is 9.90 Å². The van der Waals surface area contributed by atoms with E-state index in [0.29, 0.717) is 12.1 Å². The molecule has 0 unspecified atom stereocenters. The van der Waals surface area contributed by atoms with E-state index < -0.39 is 12.1 Å². The van der Waals surface area contributed by atoms with Gasteiger partial charge in [-0.25, -0.2) is 9.18 Å². The Morgan fingerprint density at radius 1 is 1.20 bits per heavy atom. The molecule has 1 aromatic carbocycles. The van der Waals surface area contributed by atoms with Gasteiger partial charge in [0.05, 0.1) is 0 Å². The Kier molecular flexibility index (Phi) is 7.27. The molecule has 1 amide bonds. The SMILES string of the molecule is CCCNC(=O)c1ccc(F)cc1.O=C(O)C(F)(F)F. The van der Waals surface area contributed by atoms with Gasteiger partial charge >= 0.3 is 12.1 Å². The summed E-state index contributed by atoms with van der Waals surface area (Å²) in [5, 5.41) is 9.83. The van der Waals surface area contributed by atoms with E-state index in [0.717, 1.165) is 6.42 Å². The van der Waals surface area contributed by atoms with Crippen LogP contribution in [0, 0.1) is 5.82 Å². The standard InChI is InChI=1S/C10H12FNO.C2HF3O2/c1-2-7-12-10(13)8-3-5-9(11)6-4-8;3-2(4,5)1(6)7/h3-6H,2,7H2,1H3,(H,12,13);(H,6,7). The number of halogens is 4. The molecule has 112 valence electrons. The molecule has 0 aliphatic heterocycles. The highest BCUT2D eigenvalue weighted by Crippen LogP contribution is 2.13. The van der Waals surface area contributed by atoms with Crippen LogP contribution in [0.2, 0.25) is 0 Å². The van der Waals surface area contributed by atoms with Crippen molar-refractivity contribution in [2.45, 2.75) is 19.5 Å². The van der Waals surface area contributed by atoms with Crippen LogP contribution in [-0.4, -0.2) is 29.7 Å². The fourth-order valence-electron chi connectivity index (χ4n) is 0.942. The third kappa shape index (κ3) is 7.34. The van der Waals surface area contributed by atoms with Crippen LogP contribution in [0.25, 0.3) is 0 Å². The predicted molar refractivity (Wildman–Crippen MR) is 62.7 cm³/mol. The Labute approximate surface area is 112 Å². The van der Waals surface area contributed by atoms with E-state index >= 15 is 0 Å². The lowest BCUT2D eigenvalue weighted by Crippen LogP contribution is -2.23. The summed E-state index contributed by atoms with van der Waals surface area (Å²) in [6, 6.07) is 5.50. The number of carbonyl (C=O) groups excluding carboxylic acids is 1. The van der Waals surface area contributed by atoms with Gasteiger partial charge in [0.1, 0.15) is 5.82 Å². The highest BCUT2D eigenvalue weighted by molar-refractivity contribution is 5.94. The number of alkyl halides is 3. The van der Waals surface area contributed by atoms with Crippen molar-refractivity contribution in [3.8, 4) is 0 Å². The normalized spacial score (nSPS) is 10.2. The van der Waals surface area contributed by atoms with Gasteiger partial charge in [0.25, 0.3) is 5.91 Å². The molecule has 4 nitrogen and oxygen atoms in total. The summed E-state index contributed by atoms with van der Waals surface area (Å²) in [7, 11) is 0. The lowest BCUT2D eigenvalue weighted by molar-refractivity contribution is -0.192. The largest absolute Gasteiger partial charge is 0.490 e. The van der Waals surface area contributed by atoms with E-state index in [1.165, 1.54) is 24.3 Å². The molecule has 0 radical (unpaired) electrons. The van der Waals surface area contributed by atoms with Crippen LogP contribution in [0.3, 0.4) is 0 Å². The summed E-state index contributed by atoms with van der Waals surface area (Å²) in [6.07, 6.45) is -4.19. The molecular formula is C12H13F4NO3. The molecule has 0 heterocycles. The van der Waals surface area contributed by atoms with E-state index in [1.54, 1.807) is 0 Å². The molecule has 1 aromatic rings. The van der Waals surface area contributed by atoms with Crippen molar-refractivity contribution in [2.75, 3.05) is 6.54 Å². The van der Waals surface area contributed by atoms with E-state index in [1.807, 2.05) is 6.92 Å². The Bertz CT molecular complexity index is 443. The Morgan fingerprint density at radius 3 is 2.00 bits per heavy atom. The number of hydrogen-bond acceptors (Lipinski definition) is 2. The van der Waals surface area contributed by atoms with Crippen LogP contribution in [0.5, 0.6) is 0 Å². The Morgan fingerprint density at radius 2 is 1.65 bits per heavy atom. The summed E-state index contributed by atoms with van der Waals surface area (Å²) in [5.74, 6) is -3.23. The van der Waals surface area contributed by atoms with Crippen molar-refractivity contribution in [3.05, 3.63) is 35.6 Å². The van der Waals surface area contributed by atoms with Crippen molar-refractivity contribution in [2.24, 2.45) is 0 Å². The fourth-order valence-corrected chi connectivity index (χ4v) is 0.942. The zero-order valence-electron chi connectivity index (χ0n) is 10.5. The van der Waals surface area contributed by atoms with Crippen molar-refractivity contribution >= 4 is 11.9 Å². The molecule has 0 bridgehead atoms. The molecule has 8 heteroatoms. The van der Waals surface area contributed by atoms with Crippen LogP contribution >= 0.6 is 0 Å². The smallest absolute Gasteiger partial charge is 0.475 e. The van der Waals surface area contributed by atoms with Gasteiger partial charge in [-0.1, -0.05) is 6.92 Å². The highest BCUT2D eigenvalue weighted by Gasteiger charge is 2.38. The molecule has 20 heavy (non-hydrogen) atoms. The van der Waals surface area contributed by atoms with Crippen molar-refractivity contribution in [3.63, 3.8) is 0 Å². The first-order chi connectivity index (χ1) is 9.18. The average Bonchev–Trinajstić information content (AvgIpc) is 2.36. The minimum atomic E-state index is -5.08. The molecule has 0 aromatic heterocycles. The maximum atomic E-state index is 12.5. The Hall–Kier alpha value is -2.12. The molecule has 0 aliphatic rings. The molecule has 0 spiro atoms. The fraction of sp³-hybridized carbons (Fsp3) is 0.333. The average molecular weight is 295 g/mol. The number of hydrogen-bond donors (Lipinski definition) is 2. The number of nitrogens with one attached hydrogen (secondary N) is 1. The maximum Gasteiger partial charge on any atom is 0.490 e. The van der Waals surface area contributed by atoms with E-state index in [9.17, 15) is 22.4 Å². The lowest BCUT2D eigenvalue weighted by Gasteiger charge is -2.02. The number of carbonyl (C=O) groups is 2. The highest BCUT2D eigenvalue weighted by atomic mass is 19.4. The number of amides is 1. The number of rotatable bonds is 3. The van der Waals surface area contributed by atoms with Gasteiger partial charge in [-0.3, -0.25) is 4.79 Å². The van der Waals surface area contributed by atoms with Gasteiger partial charge in [0.15, 0.2) is 0 Å². The second-order valence-electron chi connectivity index (χ2n) is 3.57. The maximum absolute atomic E-state index is 12.5. The summed E-state index contributed by atoms with van der Waals surface area (Å²) in [6.45, 7) is 2.63. The minimum Gasteiger partial charge on any atom is -0.475 e. The number of carboxylic acid groups (broad SMARTS) is 1. The van der Waals surface area contributed by atoms with Crippen LogP contribution < -0.4 is 5.32 Å². The van der Waals surface area contributed by atoms with E-state index in [-0.39, 0.29) is 11.7 Å². The second kappa shape index (κ2) is 8.13. The zero-order valence-corrected chi connectivity index (χ0v) is 10.5. The summed E-state index contributed by atoms with van der Waals surface area (Å²) >= 11 is 0. The van der Waals surface area contributed by atoms with Crippen molar-refractivity contribution < 1.29 is 32.3 Å². The molecular weight excluding hydrogens is 282 g/mol. The van der Waals surface area contributed by atoms with Gasteiger partial charge in [0.2, 0.25) is 0 Å². The van der Waals surface area contributed by atoms with Crippen LogP contribution in [0.15, 0.2) is 24.3 Å². The van der Waals surface area contributed by atoms with Crippen LogP contribution in [0.4, 0.5) is 17.6 Å². The second-order valence-corrected chi connectivity index (χ2v) is 3.57. The van der Waals surface area contributed by atoms with Crippen molar-refractivity contribution in [1.29, 1.82) is 0 Å². The summed E-state index contributed by atoms with van der Waals surface area (Å²) in [4.78, 5) is 20.2. The van der Waals surface area contributed by atoms with Gasteiger partial charge in [-0.05, 0) is 30.7 Å². The Balaban J connectivity index is 0.000000441. The van der Waals surface area contributed by atoms with Gasteiger partial charge in [0, 0.05) is 12.1 Å². The van der Waals surface area contributed by atoms with Gasteiger partial charge in [-0.2, -0.15) is 13.2 Å². The molecule has 0 aliphatic carbocycles. The first kappa shape index (κ1) is 17.9. The summed E-state index contributed by atoms with van der Waals surface area (Å²) < 4.78 is 44.2. The van der Waals surface area contributed by atoms with Crippen LogP contribution in [0.1, 0.15) is 23.7 Å². The molecule has 0 atom stereocenters. The number of benzene rings is 1. The van der Waals surface area contributed by atoms with Crippen molar-refractivity contribution in [1.82, 2.24) is 5.32 Å². The first-order valence-corrected chi connectivity index (χ1v) is 5.52. The molecule has 2 N–H and O–H groups in total. The molecule has 0 saturated heterocycles. The monoisotopic (exact) mass is 295 g/mol. The van der Waals surface area contributed by atoms with Gasteiger partial charge < -0.3 is 10.4 Å². The first-order valence-electron chi connectivity index (χ1n) is 5.52. The molecule has 1 rings (SSSR count). The number of carboxylic acids is 1. The van der Waals surface area contributed by atoms with Gasteiger partial charge in [-0.15, -0.1) is 0 Å². The zero-order chi connectivity index (χ0) is 15.8. The number of aliphatic carboxylic acids is 1. The lowest BCUT2D eigenvalue weighted by atomic mass is 10.2. The third-order valence-electron chi connectivity index (χ3n) is 1.88. The minimum absolute atomic E-state index is 0.151. The topological polar surface area (TPSA) is 66.4 Å². The predicted octanol–water partition coefficient (Wildman–Crippen LogP) is 2.60. The van der Waals surface area contributed by atoms with E-state index in [2.05, 4.69) is 5.32 Å². The quantitative estimate of drug-likeness (QED) is 0.842. The third-order valence-corrected chi connectivity index (χ3v) is 1.88. The molecule has 0 fully saturated rings. The van der Waals surface area contributed by atoms with Crippen LogP contribution in [-0.2, 0) is 4.79 Å². The summed E-state index contributed by atoms with van der Waals surface area (Å²) in [5.41, 5.74) is 0.495.